The van der Waals surface area contributed by atoms with E-state index in [2.05, 4.69) is 0 Å². The Bertz CT molecular complexity index is 1410. The first-order valence-electron chi connectivity index (χ1n) is 13.7. The standard InChI is InChI=1S/C31H31N3O6/c35-27-18-23(19-33(27)14-13-21-7-2-1-3-8-21)31(37)40-20-28(36)34-30(26-12-6-16-39-26)25-11-4-9-22(29(25)32-34)17-24-10-5-15-38-24/h1-3,5-8,10,12,15-17,23,25,30H,4,9,11,13-14,18-20H2/b22-17+/t23-,25-,30+/m0/s1. The van der Waals surface area contributed by atoms with Gasteiger partial charge in [0.25, 0.3) is 5.91 Å². The third-order valence-electron chi connectivity index (χ3n) is 7.85. The number of hydrogen-bond acceptors (Lipinski definition) is 7. The molecule has 2 aromatic heterocycles. The summed E-state index contributed by atoms with van der Waals surface area (Å²) in [6, 6.07) is 16.8. The minimum absolute atomic E-state index is 0.0357. The summed E-state index contributed by atoms with van der Waals surface area (Å²) in [5.41, 5.74) is 2.99. The van der Waals surface area contributed by atoms with Gasteiger partial charge in [0, 0.05) is 25.4 Å². The van der Waals surface area contributed by atoms with Crippen molar-refractivity contribution in [2.24, 2.45) is 16.9 Å². The van der Waals surface area contributed by atoms with Crippen molar-refractivity contribution in [3.05, 3.63) is 89.8 Å². The van der Waals surface area contributed by atoms with Gasteiger partial charge in [0.15, 0.2) is 6.61 Å². The van der Waals surface area contributed by atoms with Crippen LogP contribution in [0.1, 0.15) is 48.8 Å². The molecule has 4 heterocycles. The summed E-state index contributed by atoms with van der Waals surface area (Å²) in [5.74, 6) is -0.305. The fourth-order valence-corrected chi connectivity index (χ4v) is 5.86. The molecule has 1 aliphatic carbocycles. The average Bonchev–Trinajstić information content (AvgIpc) is 3.78. The SMILES string of the molecule is O=C(OCC(=O)N1N=C2/C(=C/c3ccco3)CCC[C@@H]2[C@@H]1c1ccco1)[C@H]1CC(=O)N(CCc2ccccc2)C1. The fourth-order valence-electron chi connectivity index (χ4n) is 5.86. The second kappa shape index (κ2) is 11.4. The Morgan fingerprint density at radius 3 is 2.65 bits per heavy atom. The number of furan rings is 2. The van der Waals surface area contributed by atoms with Crippen molar-refractivity contribution in [3.8, 4) is 0 Å². The minimum atomic E-state index is -0.591. The van der Waals surface area contributed by atoms with Crippen LogP contribution in [0.25, 0.3) is 6.08 Å². The number of carbonyl (C=O) groups is 3. The van der Waals surface area contributed by atoms with E-state index in [0.29, 0.717) is 25.3 Å². The lowest BCUT2D eigenvalue weighted by atomic mass is 9.79. The first-order valence-corrected chi connectivity index (χ1v) is 13.7. The number of likely N-dealkylation sites (tertiary alicyclic amines) is 1. The van der Waals surface area contributed by atoms with E-state index in [-0.39, 0.29) is 18.2 Å². The number of fused-ring (bicyclic) bond motifs is 1. The van der Waals surface area contributed by atoms with Gasteiger partial charge in [-0.15, -0.1) is 0 Å². The van der Waals surface area contributed by atoms with Gasteiger partial charge in [-0.25, -0.2) is 5.01 Å². The Hall–Kier alpha value is -4.40. The number of benzene rings is 1. The first kappa shape index (κ1) is 25.9. The van der Waals surface area contributed by atoms with Crippen LogP contribution in [0.3, 0.4) is 0 Å². The van der Waals surface area contributed by atoms with Crippen LogP contribution in [0.5, 0.6) is 0 Å². The molecule has 0 unspecified atom stereocenters. The molecule has 0 radical (unpaired) electrons. The maximum absolute atomic E-state index is 13.4. The molecule has 3 aromatic rings. The molecule has 3 atom stereocenters. The largest absolute Gasteiger partial charge is 0.467 e. The second-order valence-corrected chi connectivity index (χ2v) is 10.5. The quantitative estimate of drug-likeness (QED) is 0.385. The highest BCUT2D eigenvalue weighted by atomic mass is 16.5. The molecule has 0 spiro atoms. The normalized spacial score (nSPS) is 23.4. The molecule has 9 heteroatoms. The summed E-state index contributed by atoms with van der Waals surface area (Å²) in [6.45, 7) is 0.380. The van der Waals surface area contributed by atoms with Crippen molar-refractivity contribution in [2.45, 2.75) is 38.1 Å². The summed E-state index contributed by atoms with van der Waals surface area (Å²) in [7, 11) is 0. The Morgan fingerprint density at radius 1 is 1.05 bits per heavy atom. The molecule has 0 bridgehead atoms. The van der Waals surface area contributed by atoms with E-state index >= 15 is 0 Å². The third kappa shape index (κ3) is 5.36. The molecule has 2 amide bonds. The second-order valence-electron chi connectivity index (χ2n) is 10.5. The number of ether oxygens (including phenoxy) is 1. The van der Waals surface area contributed by atoms with Gasteiger partial charge >= 0.3 is 5.97 Å². The number of esters is 1. The molecule has 0 N–H and O–H groups in total. The number of allylic oxidation sites excluding steroid dienone is 1. The molecule has 40 heavy (non-hydrogen) atoms. The molecule has 1 aromatic carbocycles. The maximum atomic E-state index is 13.4. The van der Waals surface area contributed by atoms with Crippen molar-refractivity contribution < 1.29 is 28.0 Å². The topological polar surface area (TPSA) is 106 Å². The van der Waals surface area contributed by atoms with E-state index in [4.69, 9.17) is 18.7 Å². The Labute approximate surface area is 232 Å². The van der Waals surface area contributed by atoms with E-state index in [1.807, 2.05) is 54.6 Å². The highest BCUT2D eigenvalue weighted by Gasteiger charge is 2.45. The van der Waals surface area contributed by atoms with Crippen LogP contribution in [-0.2, 0) is 25.5 Å². The molecule has 1 saturated heterocycles. The highest BCUT2D eigenvalue weighted by molar-refractivity contribution is 6.08. The lowest BCUT2D eigenvalue weighted by Crippen LogP contribution is -2.35. The highest BCUT2D eigenvalue weighted by Crippen LogP contribution is 2.44. The van der Waals surface area contributed by atoms with Gasteiger partial charge in [0.05, 0.1) is 24.2 Å². The van der Waals surface area contributed by atoms with Gasteiger partial charge < -0.3 is 18.5 Å². The van der Waals surface area contributed by atoms with Crippen molar-refractivity contribution in [1.82, 2.24) is 9.91 Å². The van der Waals surface area contributed by atoms with E-state index < -0.39 is 30.4 Å². The smallest absolute Gasteiger partial charge is 0.311 e. The predicted octanol–water partition coefficient (Wildman–Crippen LogP) is 4.63. The number of rotatable bonds is 8. The molecule has 2 fully saturated rings. The molecule has 206 valence electrons. The van der Waals surface area contributed by atoms with Gasteiger partial charge in [0.2, 0.25) is 5.91 Å². The van der Waals surface area contributed by atoms with Crippen LogP contribution in [0.2, 0.25) is 0 Å². The maximum Gasteiger partial charge on any atom is 0.311 e. The zero-order valence-electron chi connectivity index (χ0n) is 22.1. The first-order chi connectivity index (χ1) is 19.6. The van der Waals surface area contributed by atoms with E-state index in [9.17, 15) is 14.4 Å². The van der Waals surface area contributed by atoms with Crippen LogP contribution in [0.4, 0.5) is 0 Å². The molecule has 6 rings (SSSR count). The van der Waals surface area contributed by atoms with Crippen molar-refractivity contribution in [3.63, 3.8) is 0 Å². The van der Waals surface area contributed by atoms with Crippen LogP contribution in [0.15, 0.2) is 86.6 Å². The molecule has 9 nitrogen and oxygen atoms in total. The fraction of sp³-hybridized carbons (Fsp3) is 0.355. The number of hydrogen-bond donors (Lipinski definition) is 0. The molecule has 2 aliphatic heterocycles. The predicted molar refractivity (Wildman–Crippen MR) is 146 cm³/mol. The monoisotopic (exact) mass is 541 g/mol. The van der Waals surface area contributed by atoms with Crippen molar-refractivity contribution in [1.29, 1.82) is 0 Å². The zero-order chi connectivity index (χ0) is 27.5. The summed E-state index contributed by atoms with van der Waals surface area (Å²) in [6.07, 6.45) is 8.61. The van der Waals surface area contributed by atoms with Crippen molar-refractivity contribution in [2.75, 3.05) is 19.7 Å². The molecular weight excluding hydrogens is 510 g/mol. The number of hydrazone groups is 1. The number of amides is 2. The number of carbonyl (C=O) groups excluding carboxylic acids is 3. The van der Waals surface area contributed by atoms with Gasteiger partial charge in [-0.1, -0.05) is 30.3 Å². The summed E-state index contributed by atoms with van der Waals surface area (Å²) in [5, 5.41) is 6.14. The summed E-state index contributed by atoms with van der Waals surface area (Å²) in [4.78, 5) is 40.5. The van der Waals surface area contributed by atoms with E-state index in [0.717, 1.165) is 41.9 Å². The average molecular weight is 542 g/mol. The Kier molecular flexibility index (Phi) is 7.35. The molecular formula is C31H31N3O6. The van der Waals surface area contributed by atoms with Gasteiger partial charge in [-0.3, -0.25) is 14.4 Å². The summed E-state index contributed by atoms with van der Waals surface area (Å²) < 4.78 is 16.7. The van der Waals surface area contributed by atoms with Crippen LogP contribution in [0, 0.1) is 11.8 Å². The summed E-state index contributed by atoms with van der Waals surface area (Å²) >= 11 is 0. The van der Waals surface area contributed by atoms with Crippen LogP contribution < -0.4 is 0 Å². The zero-order valence-corrected chi connectivity index (χ0v) is 22.1. The Balaban J connectivity index is 1.11. The van der Waals surface area contributed by atoms with Gasteiger partial charge in [-0.05, 0) is 67.2 Å². The minimum Gasteiger partial charge on any atom is -0.467 e. The van der Waals surface area contributed by atoms with Crippen LogP contribution in [-0.4, -0.2) is 53.1 Å². The lowest BCUT2D eigenvalue weighted by Gasteiger charge is -2.27. The lowest BCUT2D eigenvalue weighted by molar-refractivity contribution is -0.156. The van der Waals surface area contributed by atoms with Gasteiger partial charge in [-0.2, -0.15) is 5.10 Å². The Morgan fingerprint density at radius 2 is 1.88 bits per heavy atom. The van der Waals surface area contributed by atoms with E-state index in [1.165, 1.54) is 5.01 Å². The van der Waals surface area contributed by atoms with Gasteiger partial charge in [0.1, 0.15) is 17.6 Å². The van der Waals surface area contributed by atoms with E-state index in [1.54, 1.807) is 23.5 Å². The van der Waals surface area contributed by atoms with Crippen molar-refractivity contribution >= 4 is 29.6 Å². The number of nitrogens with zero attached hydrogens (tertiary/aromatic N) is 3. The molecule has 3 aliphatic rings. The third-order valence-corrected chi connectivity index (χ3v) is 7.85. The van der Waals surface area contributed by atoms with Crippen LogP contribution >= 0.6 is 0 Å². The molecule has 1 saturated carbocycles.